The third-order valence-electron chi connectivity index (χ3n) is 11.3. The molecule has 2 unspecified atom stereocenters. The Morgan fingerprint density at radius 3 is 1.38 bits per heavy atom. The Labute approximate surface area is 356 Å². The maximum atomic E-state index is 9.27. The Kier molecular flexibility index (Phi) is 45.1. The van der Waals surface area contributed by atoms with E-state index in [2.05, 4.69) is 50.5 Å². The second-order valence-corrected chi connectivity index (χ2v) is 22.1. The summed E-state index contributed by atoms with van der Waals surface area (Å²) in [5.74, 6) is 1.26. The lowest BCUT2D eigenvalue weighted by Gasteiger charge is -2.30. The lowest BCUT2D eigenvalue weighted by atomic mass is 10.0. The molecular weight excluding hydrogens is 731 g/mol. The molecule has 0 heterocycles. The second-order valence-electron chi connectivity index (χ2n) is 17.4. The van der Waals surface area contributed by atoms with Crippen molar-refractivity contribution in [2.24, 2.45) is 0 Å². The first-order valence-corrected chi connectivity index (χ1v) is 28.8. The Bertz CT molecular complexity index is 744. The minimum Gasteiger partial charge on any atom is -0.395 e. The van der Waals surface area contributed by atoms with Crippen molar-refractivity contribution in [1.82, 2.24) is 4.90 Å². The summed E-state index contributed by atoms with van der Waals surface area (Å²) in [6, 6.07) is 0. The number of thioether (sulfide) groups is 1. The van der Waals surface area contributed by atoms with E-state index < -0.39 is 8.56 Å². The van der Waals surface area contributed by atoms with Crippen LogP contribution in [-0.2, 0) is 13.6 Å². The number of aliphatic hydroxyl groups excluding tert-OH is 2. The van der Waals surface area contributed by atoms with Crippen LogP contribution in [0.4, 0.5) is 0 Å². The molecule has 0 bridgehead atoms. The zero-order chi connectivity index (χ0) is 41.1. The summed E-state index contributed by atoms with van der Waals surface area (Å²) in [5, 5.41) is 19.1. The molecule has 2 atom stereocenters. The molecular formula is C48H101NO5SSi. The van der Waals surface area contributed by atoms with Gasteiger partial charge in [-0.15, -0.1) is 0 Å². The molecule has 0 fully saturated rings. The van der Waals surface area contributed by atoms with Crippen LogP contribution in [0.1, 0.15) is 233 Å². The van der Waals surface area contributed by atoms with Gasteiger partial charge >= 0.3 is 8.56 Å². The van der Waals surface area contributed by atoms with Crippen LogP contribution < -0.4 is 0 Å². The van der Waals surface area contributed by atoms with Crippen LogP contribution in [0.3, 0.4) is 0 Å². The fraction of sp³-hybridized carbons (Fsp3) is 1.00. The average molecular weight is 832 g/mol. The molecule has 0 radical (unpaired) electrons. The van der Waals surface area contributed by atoms with Crippen LogP contribution in [0, 0.1) is 0 Å². The Balaban J connectivity index is 4.95. The van der Waals surface area contributed by atoms with E-state index in [0.29, 0.717) is 18.3 Å². The summed E-state index contributed by atoms with van der Waals surface area (Å²) in [5.41, 5.74) is 0. The van der Waals surface area contributed by atoms with Crippen molar-refractivity contribution in [1.29, 1.82) is 0 Å². The van der Waals surface area contributed by atoms with Crippen LogP contribution in [0.2, 0.25) is 13.1 Å². The predicted molar refractivity (Wildman–Crippen MR) is 250 cm³/mol. The quantitative estimate of drug-likeness (QED) is 0.0359. The van der Waals surface area contributed by atoms with Gasteiger partial charge in [0.1, 0.15) is 6.29 Å². The number of rotatable bonds is 48. The van der Waals surface area contributed by atoms with E-state index in [9.17, 15) is 10.2 Å². The first-order valence-electron chi connectivity index (χ1n) is 24.9. The van der Waals surface area contributed by atoms with Crippen molar-refractivity contribution >= 4 is 20.3 Å². The van der Waals surface area contributed by atoms with Gasteiger partial charge < -0.3 is 23.8 Å². The summed E-state index contributed by atoms with van der Waals surface area (Å²) >= 11 is 2.17. The Hall–Kier alpha value is 0.327. The van der Waals surface area contributed by atoms with E-state index in [1.807, 2.05) is 0 Å². The third kappa shape index (κ3) is 41.1. The normalized spacial score (nSPS) is 13.3. The highest BCUT2D eigenvalue weighted by Gasteiger charge is 2.29. The van der Waals surface area contributed by atoms with E-state index >= 15 is 0 Å². The molecule has 0 aliphatic heterocycles. The standard InChI is InChI=1S/C48H101NO5SSi/c1-6-9-12-15-18-20-21-22-23-24-25-28-33-38-48(54-56(4,5)53-44-35-30-29-34-39-49(40-42-50)41-43-51)52-46-47(37-32-27-17-14-11-8-3)55-45-36-31-26-19-16-13-10-7-2/h47-48,50-51H,6-46H2,1-5H3. The van der Waals surface area contributed by atoms with Gasteiger partial charge in [0.2, 0.25) is 0 Å². The topological polar surface area (TPSA) is 71.4 Å². The van der Waals surface area contributed by atoms with Crippen LogP contribution >= 0.6 is 11.8 Å². The Morgan fingerprint density at radius 2 is 0.893 bits per heavy atom. The van der Waals surface area contributed by atoms with Crippen LogP contribution in [0.5, 0.6) is 0 Å². The van der Waals surface area contributed by atoms with Crippen molar-refractivity contribution in [3.8, 4) is 0 Å². The zero-order valence-electron chi connectivity index (χ0n) is 38.6. The summed E-state index contributed by atoms with van der Waals surface area (Å²) in [7, 11) is -2.34. The fourth-order valence-corrected chi connectivity index (χ4v) is 10.4. The van der Waals surface area contributed by atoms with Gasteiger partial charge in [0.25, 0.3) is 0 Å². The summed E-state index contributed by atoms with van der Waals surface area (Å²) in [6.07, 6.45) is 43.4. The van der Waals surface area contributed by atoms with Crippen LogP contribution in [0.15, 0.2) is 0 Å². The third-order valence-corrected chi connectivity index (χ3v) is 14.4. The summed E-state index contributed by atoms with van der Waals surface area (Å²) < 4.78 is 20.1. The lowest BCUT2D eigenvalue weighted by Crippen LogP contribution is -2.41. The largest absolute Gasteiger partial charge is 0.395 e. The van der Waals surface area contributed by atoms with E-state index in [-0.39, 0.29) is 19.5 Å². The van der Waals surface area contributed by atoms with Crippen molar-refractivity contribution in [2.45, 2.75) is 257 Å². The van der Waals surface area contributed by atoms with Crippen LogP contribution in [-0.4, -0.2) is 87.0 Å². The van der Waals surface area contributed by atoms with Gasteiger partial charge in [-0.2, -0.15) is 11.8 Å². The molecule has 0 saturated carbocycles. The SMILES string of the molecule is CCCCCCCCCCCCCCCC(OCC(CCCCCCCC)SCCCCCCCCCC)O[Si](C)(C)OCCCCCCN(CCO)CCO. The summed E-state index contributed by atoms with van der Waals surface area (Å²) in [4.78, 5) is 2.14. The molecule has 0 aromatic carbocycles. The highest BCUT2D eigenvalue weighted by Crippen LogP contribution is 2.25. The van der Waals surface area contributed by atoms with E-state index in [1.54, 1.807) is 0 Å². The number of nitrogens with zero attached hydrogens (tertiary/aromatic N) is 1. The highest BCUT2D eigenvalue weighted by molar-refractivity contribution is 7.99. The molecule has 0 aliphatic rings. The number of ether oxygens (including phenoxy) is 1. The van der Waals surface area contributed by atoms with E-state index in [0.717, 1.165) is 51.9 Å². The molecule has 0 aromatic rings. The molecule has 8 heteroatoms. The molecule has 56 heavy (non-hydrogen) atoms. The molecule has 0 rings (SSSR count). The lowest BCUT2D eigenvalue weighted by molar-refractivity contribution is -0.103. The number of unbranched alkanes of at least 4 members (excludes halogenated alkanes) is 27. The van der Waals surface area contributed by atoms with Gasteiger partial charge in [0.05, 0.1) is 19.8 Å². The predicted octanol–water partition coefficient (Wildman–Crippen LogP) is 14.4. The van der Waals surface area contributed by atoms with Gasteiger partial charge in [-0.3, -0.25) is 4.90 Å². The maximum absolute atomic E-state index is 9.27. The molecule has 0 amide bonds. The van der Waals surface area contributed by atoms with Crippen molar-refractivity contribution in [3.63, 3.8) is 0 Å². The Morgan fingerprint density at radius 1 is 0.482 bits per heavy atom. The van der Waals surface area contributed by atoms with E-state index in [4.69, 9.17) is 13.6 Å². The molecule has 2 N–H and O–H groups in total. The molecule has 6 nitrogen and oxygen atoms in total. The number of hydrogen-bond acceptors (Lipinski definition) is 7. The zero-order valence-corrected chi connectivity index (χ0v) is 40.4. The van der Waals surface area contributed by atoms with Crippen molar-refractivity contribution < 1.29 is 23.8 Å². The first kappa shape index (κ1) is 56.3. The number of hydrogen-bond donors (Lipinski definition) is 2. The van der Waals surface area contributed by atoms with Gasteiger partial charge in [-0.05, 0) is 63.9 Å². The van der Waals surface area contributed by atoms with Crippen molar-refractivity contribution in [3.05, 3.63) is 0 Å². The average Bonchev–Trinajstić information content (AvgIpc) is 3.18. The smallest absolute Gasteiger partial charge is 0.333 e. The van der Waals surface area contributed by atoms with Gasteiger partial charge in [-0.1, -0.05) is 194 Å². The minimum absolute atomic E-state index is 0.148. The van der Waals surface area contributed by atoms with Gasteiger partial charge in [-0.25, -0.2) is 0 Å². The van der Waals surface area contributed by atoms with Gasteiger partial charge in [0.15, 0.2) is 0 Å². The molecule has 0 aromatic heterocycles. The fourth-order valence-electron chi connectivity index (χ4n) is 7.65. The first-order chi connectivity index (χ1) is 27.4. The molecule has 338 valence electrons. The molecule has 0 saturated heterocycles. The monoisotopic (exact) mass is 832 g/mol. The van der Waals surface area contributed by atoms with E-state index in [1.165, 1.54) is 186 Å². The number of aliphatic hydroxyl groups is 2. The molecule has 0 aliphatic carbocycles. The second kappa shape index (κ2) is 44.9. The van der Waals surface area contributed by atoms with Crippen molar-refractivity contribution in [2.75, 3.05) is 51.8 Å². The van der Waals surface area contributed by atoms with Gasteiger partial charge in [0, 0.05) is 24.9 Å². The highest BCUT2D eigenvalue weighted by atomic mass is 32.2. The summed E-state index contributed by atoms with van der Waals surface area (Å²) in [6.45, 7) is 15.4. The molecule has 0 spiro atoms. The minimum atomic E-state index is -2.34. The maximum Gasteiger partial charge on any atom is 0.333 e. The van der Waals surface area contributed by atoms with Crippen LogP contribution in [0.25, 0.3) is 0 Å².